The van der Waals surface area contributed by atoms with Crippen LogP contribution in [0.1, 0.15) is 16.7 Å². The summed E-state index contributed by atoms with van der Waals surface area (Å²) in [6, 6.07) is 16.4. The number of carbonyl (C=O) groups excluding carboxylic acids is 1. The van der Waals surface area contributed by atoms with E-state index in [0.717, 1.165) is 22.4 Å². The number of amides is 1. The fourth-order valence-electron chi connectivity index (χ4n) is 4.07. The summed E-state index contributed by atoms with van der Waals surface area (Å²) < 4.78 is 22.4. The van der Waals surface area contributed by atoms with Crippen molar-refractivity contribution in [1.82, 2.24) is 4.90 Å². The number of aliphatic imine (C=N–C) groups is 1. The molecule has 0 spiro atoms. The van der Waals surface area contributed by atoms with Crippen molar-refractivity contribution in [3.8, 4) is 17.2 Å². The number of hydrogen-bond donors (Lipinski definition) is 0. The highest BCUT2D eigenvalue weighted by Gasteiger charge is 2.33. The van der Waals surface area contributed by atoms with Crippen LogP contribution in [0.25, 0.3) is 6.08 Å². The first-order valence-electron chi connectivity index (χ1n) is 12.7. The van der Waals surface area contributed by atoms with E-state index in [1.54, 1.807) is 44.4 Å². The summed E-state index contributed by atoms with van der Waals surface area (Å²) in [6.07, 6.45) is 4.15. The van der Waals surface area contributed by atoms with Crippen LogP contribution in [-0.4, -0.2) is 50.5 Å². The maximum atomic E-state index is 13.5. The van der Waals surface area contributed by atoms with Crippen molar-refractivity contribution in [2.24, 2.45) is 4.99 Å². The highest BCUT2D eigenvalue weighted by atomic mass is 35.5. The minimum Gasteiger partial charge on any atom is -0.497 e. The molecule has 0 unspecified atom stereocenters. The van der Waals surface area contributed by atoms with E-state index in [4.69, 9.17) is 47.1 Å². The highest BCUT2D eigenvalue weighted by molar-refractivity contribution is 8.18. The topological polar surface area (TPSA) is 69.6 Å². The van der Waals surface area contributed by atoms with E-state index >= 15 is 0 Å². The van der Waals surface area contributed by atoms with Gasteiger partial charge < -0.3 is 18.9 Å². The Hall–Kier alpha value is -3.43. The van der Waals surface area contributed by atoms with Gasteiger partial charge in [-0.2, -0.15) is 0 Å². The minimum atomic E-state index is -0.152. The summed E-state index contributed by atoms with van der Waals surface area (Å²) in [5, 5.41) is 1.64. The van der Waals surface area contributed by atoms with E-state index in [2.05, 4.69) is 6.58 Å². The molecular formula is C31H30Cl2N2O5S. The van der Waals surface area contributed by atoms with Crippen molar-refractivity contribution in [3.63, 3.8) is 0 Å². The largest absolute Gasteiger partial charge is 0.497 e. The summed E-state index contributed by atoms with van der Waals surface area (Å²) in [6.45, 7) is 4.87. The van der Waals surface area contributed by atoms with E-state index in [0.29, 0.717) is 56.9 Å². The van der Waals surface area contributed by atoms with Crippen LogP contribution in [0.5, 0.6) is 17.2 Å². The SMILES string of the molecule is C=CCc1cc(/C=C2\SC(=Nc3ccc(OC)cc3)N(CCOC)C2=O)cc(OC)c1OCc1ccc(Cl)cc1Cl. The van der Waals surface area contributed by atoms with Gasteiger partial charge in [0, 0.05) is 28.3 Å². The zero-order valence-corrected chi connectivity index (χ0v) is 25.3. The molecule has 1 fully saturated rings. The van der Waals surface area contributed by atoms with Gasteiger partial charge in [-0.05, 0) is 78.4 Å². The number of halogens is 2. The summed E-state index contributed by atoms with van der Waals surface area (Å²) in [7, 11) is 4.79. The van der Waals surface area contributed by atoms with Crippen LogP contribution in [0, 0.1) is 0 Å². The predicted octanol–water partition coefficient (Wildman–Crippen LogP) is 7.57. The van der Waals surface area contributed by atoms with Crippen molar-refractivity contribution >= 4 is 57.8 Å². The number of allylic oxidation sites excluding steroid dienone is 1. The van der Waals surface area contributed by atoms with Gasteiger partial charge in [0.2, 0.25) is 0 Å². The molecule has 3 aromatic rings. The van der Waals surface area contributed by atoms with Gasteiger partial charge in [-0.15, -0.1) is 6.58 Å². The maximum absolute atomic E-state index is 13.5. The van der Waals surface area contributed by atoms with Crippen LogP contribution < -0.4 is 14.2 Å². The van der Waals surface area contributed by atoms with Crippen molar-refractivity contribution in [2.45, 2.75) is 13.0 Å². The van der Waals surface area contributed by atoms with Gasteiger partial charge in [0.15, 0.2) is 16.7 Å². The monoisotopic (exact) mass is 612 g/mol. The lowest BCUT2D eigenvalue weighted by Crippen LogP contribution is -2.32. The number of amidine groups is 1. The number of benzene rings is 3. The molecule has 7 nitrogen and oxygen atoms in total. The van der Waals surface area contributed by atoms with Gasteiger partial charge >= 0.3 is 0 Å². The Morgan fingerprint density at radius 2 is 1.78 bits per heavy atom. The Morgan fingerprint density at radius 1 is 1.00 bits per heavy atom. The maximum Gasteiger partial charge on any atom is 0.266 e. The second kappa shape index (κ2) is 14.5. The molecule has 0 N–H and O–H groups in total. The van der Waals surface area contributed by atoms with Gasteiger partial charge in [-0.3, -0.25) is 9.69 Å². The van der Waals surface area contributed by atoms with Crippen LogP contribution in [0.4, 0.5) is 5.69 Å². The molecule has 3 aromatic carbocycles. The molecule has 1 aliphatic rings. The van der Waals surface area contributed by atoms with Crippen molar-refractivity contribution < 1.29 is 23.7 Å². The smallest absolute Gasteiger partial charge is 0.266 e. The second-order valence-corrected chi connectivity index (χ2v) is 10.7. The lowest BCUT2D eigenvalue weighted by atomic mass is 10.0. The fourth-order valence-corrected chi connectivity index (χ4v) is 5.56. The molecule has 1 heterocycles. The molecule has 10 heteroatoms. The first-order valence-corrected chi connectivity index (χ1v) is 14.3. The van der Waals surface area contributed by atoms with Crippen molar-refractivity contribution in [2.75, 3.05) is 34.5 Å². The third kappa shape index (κ3) is 7.65. The van der Waals surface area contributed by atoms with Crippen LogP contribution >= 0.6 is 35.0 Å². The molecule has 1 amide bonds. The van der Waals surface area contributed by atoms with Crippen molar-refractivity contribution in [3.05, 3.63) is 98.9 Å². The molecule has 41 heavy (non-hydrogen) atoms. The van der Waals surface area contributed by atoms with Gasteiger partial charge in [-0.25, -0.2) is 4.99 Å². The molecular weight excluding hydrogens is 583 g/mol. The van der Waals surface area contributed by atoms with E-state index in [-0.39, 0.29) is 12.5 Å². The summed E-state index contributed by atoms with van der Waals surface area (Å²) in [5.74, 6) is 1.68. The minimum absolute atomic E-state index is 0.152. The number of methoxy groups -OCH3 is 3. The number of carbonyl (C=O) groups is 1. The first kappa shape index (κ1) is 30.5. The van der Waals surface area contributed by atoms with Crippen molar-refractivity contribution in [1.29, 1.82) is 0 Å². The van der Waals surface area contributed by atoms with Crippen LogP contribution in [0.3, 0.4) is 0 Å². The molecule has 214 valence electrons. The fraction of sp³-hybridized carbons (Fsp3) is 0.226. The number of thioether (sulfide) groups is 1. The quantitative estimate of drug-likeness (QED) is 0.155. The Balaban J connectivity index is 1.65. The molecule has 0 radical (unpaired) electrons. The number of nitrogens with zero attached hydrogens (tertiary/aromatic N) is 2. The zero-order valence-electron chi connectivity index (χ0n) is 23.0. The lowest BCUT2D eigenvalue weighted by molar-refractivity contribution is -0.122. The Labute approximate surface area is 254 Å². The first-order chi connectivity index (χ1) is 19.9. The summed E-state index contributed by atoms with van der Waals surface area (Å²) in [5.41, 5.74) is 3.14. The number of rotatable bonds is 12. The van der Waals surface area contributed by atoms with Gasteiger partial charge in [0.05, 0.1) is 38.0 Å². The van der Waals surface area contributed by atoms with Gasteiger partial charge in [-0.1, -0.05) is 35.3 Å². The number of hydrogen-bond acceptors (Lipinski definition) is 7. The third-order valence-electron chi connectivity index (χ3n) is 6.13. The molecule has 4 rings (SSSR count). The van der Waals surface area contributed by atoms with E-state index < -0.39 is 0 Å². The van der Waals surface area contributed by atoms with Crippen LogP contribution in [-0.2, 0) is 22.6 Å². The Kier molecular flexibility index (Phi) is 10.8. The van der Waals surface area contributed by atoms with Crippen LogP contribution in [0.2, 0.25) is 10.0 Å². The highest BCUT2D eigenvalue weighted by Crippen LogP contribution is 2.38. The standard InChI is InChI=1S/C31H30Cl2N2O5S/c1-5-6-21-15-20(16-27(39-4)29(21)40-19-22-7-8-23(32)18-26(22)33)17-28-30(36)35(13-14-37-2)31(41-28)34-24-9-11-25(38-3)12-10-24/h5,7-12,15-18H,1,6,13-14,19H2,2-4H3/b28-17-,34-31?. The van der Waals surface area contributed by atoms with E-state index in [1.165, 1.54) is 11.8 Å². The molecule has 0 atom stereocenters. The zero-order chi connectivity index (χ0) is 29.4. The van der Waals surface area contributed by atoms with E-state index in [9.17, 15) is 4.79 Å². The molecule has 1 saturated heterocycles. The Morgan fingerprint density at radius 3 is 2.44 bits per heavy atom. The third-order valence-corrected chi connectivity index (χ3v) is 7.72. The predicted molar refractivity (Wildman–Crippen MR) is 167 cm³/mol. The lowest BCUT2D eigenvalue weighted by Gasteiger charge is -2.16. The Bertz CT molecular complexity index is 1470. The molecule has 0 bridgehead atoms. The van der Waals surface area contributed by atoms with Gasteiger partial charge in [0.1, 0.15) is 12.4 Å². The van der Waals surface area contributed by atoms with E-state index in [1.807, 2.05) is 48.5 Å². The van der Waals surface area contributed by atoms with Gasteiger partial charge in [0.25, 0.3) is 5.91 Å². The number of ether oxygens (including phenoxy) is 4. The molecule has 0 aliphatic carbocycles. The normalized spacial score (nSPS) is 15.0. The average Bonchev–Trinajstić information content (AvgIpc) is 3.25. The van der Waals surface area contributed by atoms with Crippen LogP contribution in [0.15, 0.2) is 77.1 Å². The molecule has 1 aliphatic heterocycles. The molecule has 0 saturated carbocycles. The second-order valence-electron chi connectivity index (χ2n) is 8.88. The summed E-state index contributed by atoms with van der Waals surface area (Å²) in [4.78, 5) is 20.3. The molecule has 0 aromatic heterocycles. The summed E-state index contributed by atoms with van der Waals surface area (Å²) >= 11 is 13.7. The average molecular weight is 614 g/mol.